The average molecular weight is 174 g/mol. The number of hydrogen-bond donors (Lipinski definition) is 2. The van der Waals surface area contributed by atoms with E-state index >= 15 is 0 Å². The first-order valence-electron chi connectivity index (χ1n) is 4.36. The molecule has 0 aromatic rings. The van der Waals surface area contributed by atoms with Gasteiger partial charge in [-0.05, 0) is 33.4 Å². The standard InChI is InChI=1S/C8H18N2O2/c1-3-10-8(11)12-7-5-4-6-9-2/h9H,3-7H2,1-2H3,(H,10,11). The molecular weight excluding hydrogens is 156 g/mol. The topological polar surface area (TPSA) is 50.4 Å². The molecule has 0 aromatic carbocycles. The van der Waals surface area contributed by atoms with E-state index in [9.17, 15) is 4.79 Å². The van der Waals surface area contributed by atoms with Crippen molar-refractivity contribution < 1.29 is 9.53 Å². The fraction of sp³-hybridized carbons (Fsp3) is 0.875. The van der Waals surface area contributed by atoms with Gasteiger partial charge in [0.05, 0.1) is 6.61 Å². The van der Waals surface area contributed by atoms with Crippen molar-refractivity contribution in [1.29, 1.82) is 0 Å². The van der Waals surface area contributed by atoms with E-state index in [0.29, 0.717) is 13.2 Å². The van der Waals surface area contributed by atoms with Crippen LogP contribution in [0, 0.1) is 0 Å². The van der Waals surface area contributed by atoms with Crippen LogP contribution in [0.4, 0.5) is 4.79 Å². The Balaban J connectivity index is 3.03. The number of nitrogens with one attached hydrogen (secondary N) is 2. The number of alkyl carbamates (subject to hydrolysis) is 1. The predicted molar refractivity (Wildman–Crippen MR) is 48.2 cm³/mol. The van der Waals surface area contributed by atoms with Crippen molar-refractivity contribution in [3.05, 3.63) is 0 Å². The van der Waals surface area contributed by atoms with E-state index in [2.05, 4.69) is 10.6 Å². The third kappa shape index (κ3) is 7.34. The van der Waals surface area contributed by atoms with Crippen molar-refractivity contribution in [2.24, 2.45) is 0 Å². The Morgan fingerprint density at radius 3 is 2.75 bits per heavy atom. The summed E-state index contributed by atoms with van der Waals surface area (Å²) in [6.07, 6.45) is 1.63. The third-order valence-corrected chi connectivity index (χ3v) is 1.38. The fourth-order valence-corrected chi connectivity index (χ4v) is 0.764. The minimum atomic E-state index is -0.318. The van der Waals surface area contributed by atoms with E-state index in [1.165, 1.54) is 0 Å². The van der Waals surface area contributed by atoms with Crippen molar-refractivity contribution in [2.75, 3.05) is 26.7 Å². The third-order valence-electron chi connectivity index (χ3n) is 1.38. The first kappa shape index (κ1) is 11.2. The Morgan fingerprint density at radius 2 is 2.17 bits per heavy atom. The molecule has 0 aliphatic rings. The van der Waals surface area contributed by atoms with Gasteiger partial charge in [-0.25, -0.2) is 4.79 Å². The lowest BCUT2D eigenvalue weighted by Gasteiger charge is -2.04. The molecule has 12 heavy (non-hydrogen) atoms. The lowest BCUT2D eigenvalue weighted by atomic mass is 10.3. The Kier molecular flexibility index (Phi) is 7.79. The summed E-state index contributed by atoms with van der Waals surface area (Å²) in [5, 5.41) is 5.58. The SMILES string of the molecule is CCNC(=O)OCCCCNC. The fourth-order valence-electron chi connectivity index (χ4n) is 0.764. The van der Waals surface area contributed by atoms with Crippen LogP contribution in [0.25, 0.3) is 0 Å². The zero-order valence-electron chi connectivity index (χ0n) is 7.85. The maximum atomic E-state index is 10.7. The highest BCUT2D eigenvalue weighted by Crippen LogP contribution is 1.88. The highest BCUT2D eigenvalue weighted by molar-refractivity contribution is 5.66. The molecule has 0 bridgehead atoms. The molecule has 0 spiro atoms. The quantitative estimate of drug-likeness (QED) is 0.584. The van der Waals surface area contributed by atoms with Gasteiger partial charge < -0.3 is 15.4 Å². The minimum Gasteiger partial charge on any atom is -0.450 e. The number of unbranched alkanes of at least 4 members (excludes halogenated alkanes) is 1. The van der Waals surface area contributed by atoms with E-state index in [4.69, 9.17) is 4.74 Å². The van der Waals surface area contributed by atoms with Gasteiger partial charge >= 0.3 is 6.09 Å². The number of carbonyl (C=O) groups excluding carboxylic acids is 1. The summed E-state index contributed by atoms with van der Waals surface area (Å²) in [5.74, 6) is 0. The summed E-state index contributed by atoms with van der Waals surface area (Å²) >= 11 is 0. The second kappa shape index (κ2) is 8.33. The van der Waals surface area contributed by atoms with Gasteiger partial charge in [-0.15, -0.1) is 0 Å². The first-order valence-corrected chi connectivity index (χ1v) is 4.36. The van der Waals surface area contributed by atoms with Crippen molar-refractivity contribution in [3.63, 3.8) is 0 Å². The molecule has 0 aromatic heterocycles. The second-order valence-electron chi connectivity index (χ2n) is 2.48. The van der Waals surface area contributed by atoms with Gasteiger partial charge in [-0.1, -0.05) is 0 Å². The molecule has 72 valence electrons. The van der Waals surface area contributed by atoms with Gasteiger partial charge in [0.2, 0.25) is 0 Å². The molecule has 0 saturated carbocycles. The maximum absolute atomic E-state index is 10.7. The molecule has 1 amide bonds. The molecule has 0 rings (SSSR count). The Labute approximate surface area is 73.7 Å². The largest absolute Gasteiger partial charge is 0.450 e. The number of rotatable bonds is 6. The molecular formula is C8H18N2O2. The highest BCUT2D eigenvalue weighted by atomic mass is 16.5. The molecule has 0 aliphatic heterocycles. The van der Waals surface area contributed by atoms with Gasteiger partial charge in [0, 0.05) is 6.54 Å². The summed E-state index contributed by atoms with van der Waals surface area (Å²) in [6, 6.07) is 0. The molecule has 0 fully saturated rings. The van der Waals surface area contributed by atoms with E-state index in [-0.39, 0.29) is 6.09 Å². The van der Waals surface area contributed by atoms with Gasteiger partial charge in [-0.2, -0.15) is 0 Å². The Morgan fingerprint density at radius 1 is 1.42 bits per heavy atom. The van der Waals surface area contributed by atoms with Crippen LogP contribution < -0.4 is 10.6 Å². The van der Waals surface area contributed by atoms with Crippen LogP contribution >= 0.6 is 0 Å². The van der Waals surface area contributed by atoms with Crippen LogP contribution in [0.5, 0.6) is 0 Å². The van der Waals surface area contributed by atoms with Crippen molar-refractivity contribution >= 4 is 6.09 Å². The number of ether oxygens (including phenoxy) is 1. The molecule has 0 heterocycles. The molecule has 0 atom stereocenters. The van der Waals surface area contributed by atoms with E-state index in [0.717, 1.165) is 19.4 Å². The predicted octanol–water partition coefficient (Wildman–Crippen LogP) is 0.732. The van der Waals surface area contributed by atoms with Crippen LogP contribution in [-0.4, -0.2) is 32.8 Å². The Hall–Kier alpha value is -0.770. The molecule has 4 heteroatoms. The highest BCUT2D eigenvalue weighted by Gasteiger charge is 1.97. The van der Waals surface area contributed by atoms with Crippen LogP contribution in [0.3, 0.4) is 0 Å². The van der Waals surface area contributed by atoms with Gasteiger partial charge in [-0.3, -0.25) is 0 Å². The lowest BCUT2D eigenvalue weighted by molar-refractivity contribution is 0.144. The van der Waals surface area contributed by atoms with Crippen LogP contribution in [0.15, 0.2) is 0 Å². The molecule has 4 nitrogen and oxygen atoms in total. The summed E-state index contributed by atoms with van der Waals surface area (Å²) in [5.41, 5.74) is 0. The summed E-state index contributed by atoms with van der Waals surface area (Å²) < 4.78 is 4.85. The Bertz CT molecular complexity index is 118. The number of carbonyl (C=O) groups is 1. The van der Waals surface area contributed by atoms with Gasteiger partial charge in [0.25, 0.3) is 0 Å². The molecule has 0 saturated heterocycles. The first-order chi connectivity index (χ1) is 5.81. The maximum Gasteiger partial charge on any atom is 0.407 e. The van der Waals surface area contributed by atoms with Crippen LogP contribution in [0.1, 0.15) is 19.8 Å². The zero-order chi connectivity index (χ0) is 9.23. The second-order valence-corrected chi connectivity index (χ2v) is 2.48. The number of amides is 1. The van der Waals surface area contributed by atoms with E-state index < -0.39 is 0 Å². The van der Waals surface area contributed by atoms with Crippen molar-refractivity contribution in [1.82, 2.24) is 10.6 Å². The normalized spacial score (nSPS) is 9.50. The van der Waals surface area contributed by atoms with E-state index in [1.807, 2.05) is 14.0 Å². The molecule has 2 N–H and O–H groups in total. The summed E-state index contributed by atoms with van der Waals surface area (Å²) in [6.45, 7) is 3.96. The van der Waals surface area contributed by atoms with Crippen LogP contribution in [0.2, 0.25) is 0 Å². The lowest BCUT2D eigenvalue weighted by Crippen LogP contribution is -2.24. The monoisotopic (exact) mass is 174 g/mol. The molecule has 0 unspecified atom stereocenters. The zero-order valence-corrected chi connectivity index (χ0v) is 7.85. The summed E-state index contributed by atoms with van der Waals surface area (Å²) in [4.78, 5) is 10.7. The minimum absolute atomic E-state index is 0.318. The molecule has 0 radical (unpaired) electrons. The van der Waals surface area contributed by atoms with Crippen LogP contribution in [-0.2, 0) is 4.74 Å². The van der Waals surface area contributed by atoms with Crippen molar-refractivity contribution in [3.8, 4) is 0 Å². The molecule has 0 aliphatic carbocycles. The summed E-state index contributed by atoms with van der Waals surface area (Å²) in [7, 11) is 1.91. The smallest absolute Gasteiger partial charge is 0.407 e. The van der Waals surface area contributed by atoms with E-state index in [1.54, 1.807) is 0 Å². The number of hydrogen-bond acceptors (Lipinski definition) is 3. The van der Waals surface area contributed by atoms with Crippen molar-refractivity contribution in [2.45, 2.75) is 19.8 Å². The van der Waals surface area contributed by atoms with Gasteiger partial charge in [0.15, 0.2) is 0 Å². The van der Waals surface area contributed by atoms with Gasteiger partial charge in [0.1, 0.15) is 0 Å². The average Bonchev–Trinajstić information content (AvgIpc) is 2.05.